The number of hydrogen-bond acceptors (Lipinski definition) is 2. The largest absolute Gasteiger partial charge is 0.316 e. The van der Waals surface area contributed by atoms with Crippen molar-refractivity contribution in [2.75, 3.05) is 20.1 Å². The number of piperidine rings is 1. The van der Waals surface area contributed by atoms with Crippen molar-refractivity contribution >= 4 is 11.6 Å². The van der Waals surface area contributed by atoms with Crippen LogP contribution in [0.5, 0.6) is 0 Å². The number of benzene rings is 1. The molecule has 2 nitrogen and oxygen atoms in total. The summed E-state index contributed by atoms with van der Waals surface area (Å²) < 4.78 is 0. The number of likely N-dealkylation sites (N-methyl/N-ethyl adjacent to an activating group) is 1. The molecule has 0 amide bonds. The first kappa shape index (κ1) is 11.9. The molecule has 0 aliphatic carbocycles. The van der Waals surface area contributed by atoms with Crippen molar-refractivity contribution in [3.63, 3.8) is 0 Å². The highest BCUT2D eigenvalue weighted by atomic mass is 35.5. The topological polar surface area (TPSA) is 15.3 Å². The van der Waals surface area contributed by atoms with E-state index in [1.807, 2.05) is 12.1 Å². The van der Waals surface area contributed by atoms with Crippen molar-refractivity contribution in [3.05, 3.63) is 34.9 Å². The molecule has 1 aromatic carbocycles. The van der Waals surface area contributed by atoms with Gasteiger partial charge in [-0.1, -0.05) is 23.7 Å². The molecule has 1 N–H and O–H groups in total. The van der Waals surface area contributed by atoms with E-state index < -0.39 is 0 Å². The zero-order valence-corrected chi connectivity index (χ0v) is 10.5. The van der Waals surface area contributed by atoms with E-state index in [2.05, 4.69) is 29.4 Å². The number of nitrogens with zero attached hydrogens (tertiary/aromatic N) is 1. The summed E-state index contributed by atoms with van der Waals surface area (Å²) in [5.41, 5.74) is 1.35. The van der Waals surface area contributed by atoms with Crippen LogP contribution in [-0.2, 0) is 6.54 Å². The zero-order valence-electron chi connectivity index (χ0n) is 9.75. The molecule has 2 rings (SSSR count). The van der Waals surface area contributed by atoms with Gasteiger partial charge in [-0.25, -0.2) is 0 Å². The lowest BCUT2D eigenvalue weighted by Crippen LogP contribution is -2.43. The Balaban J connectivity index is 1.91. The van der Waals surface area contributed by atoms with Crippen LogP contribution in [0.1, 0.15) is 18.4 Å². The van der Waals surface area contributed by atoms with E-state index in [1.54, 1.807) is 0 Å². The molecule has 0 spiro atoms. The predicted octanol–water partition coefficient (Wildman–Crippen LogP) is 2.52. The fraction of sp³-hybridized carbons (Fsp3) is 0.538. The molecular formula is C13H19ClN2. The van der Waals surface area contributed by atoms with Crippen LogP contribution in [0.15, 0.2) is 24.3 Å². The van der Waals surface area contributed by atoms with Gasteiger partial charge in [-0.2, -0.15) is 0 Å². The third kappa shape index (κ3) is 3.21. The highest BCUT2D eigenvalue weighted by molar-refractivity contribution is 6.30. The minimum absolute atomic E-state index is 0.654. The van der Waals surface area contributed by atoms with Crippen molar-refractivity contribution in [1.82, 2.24) is 10.2 Å². The second kappa shape index (κ2) is 5.67. The number of hydrogen-bond donors (Lipinski definition) is 1. The first-order chi connectivity index (χ1) is 7.78. The van der Waals surface area contributed by atoms with Crippen LogP contribution in [0.3, 0.4) is 0 Å². The van der Waals surface area contributed by atoms with Crippen LogP contribution < -0.4 is 5.32 Å². The van der Waals surface area contributed by atoms with Crippen LogP contribution in [0.4, 0.5) is 0 Å². The molecule has 1 aliphatic heterocycles. The lowest BCUT2D eigenvalue weighted by Gasteiger charge is -2.32. The molecule has 0 bridgehead atoms. The summed E-state index contributed by atoms with van der Waals surface area (Å²) in [7, 11) is 2.05. The van der Waals surface area contributed by atoms with Gasteiger partial charge < -0.3 is 5.32 Å². The van der Waals surface area contributed by atoms with E-state index in [-0.39, 0.29) is 0 Å². The molecule has 1 aliphatic rings. The van der Waals surface area contributed by atoms with Gasteiger partial charge in [0.2, 0.25) is 0 Å². The van der Waals surface area contributed by atoms with Crippen molar-refractivity contribution in [3.8, 4) is 0 Å². The van der Waals surface area contributed by atoms with E-state index in [9.17, 15) is 0 Å². The summed E-state index contributed by atoms with van der Waals surface area (Å²) in [6, 6.07) is 8.82. The molecule has 0 saturated carbocycles. The van der Waals surface area contributed by atoms with E-state index in [4.69, 9.17) is 11.6 Å². The molecule has 1 saturated heterocycles. The molecule has 1 aromatic rings. The fourth-order valence-electron chi connectivity index (χ4n) is 2.28. The average Bonchev–Trinajstić information content (AvgIpc) is 2.32. The van der Waals surface area contributed by atoms with Crippen LogP contribution in [0.25, 0.3) is 0 Å². The summed E-state index contributed by atoms with van der Waals surface area (Å²) in [5.74, 6) is 0. The molecule has 88 valence electrons. The molecule has 1 fully saturated rings. The lowest BCUT2D eigenvalue weighted by atomic mass is 10.1. The van der Waals surface area contributed by atoms with Crippen molar-refractivity contribution in [2.24, 2.45) is 0 Å². The Bertz CT molecular complexity index is 323. The zero-order chi connectivity index (χ0) is 11.4. The molecular weight excluding hydrogens is 220 g/mol. The lowest BCUT2D eigenvalue weighted by molar-refractivity contribution is 0.188. The third-order valence-electron chi connectivity index (χ3n) is 3.23. The Morgan fingerprint density at radius 2 is 2.12 bits per heavy atom. The first-order valence-electron chi connectivity index (χ1n) is 5.92. The Labute approximate surface area is 103 Å². The third-order valence-corrected chi connectivity index (χ3v) is 3.49. The minimum atomic E-state index is 0.654. The SMILES string of the molecule is CN[C@H]1CCCN(Cc2ccc(Cl)cc2)C1. The second-order valence-corrected chi connectivity index (χ2v) is 4.93. The highest BCUT2D eigenvalue weighted by Crippen LogP contribution is 2.15. The number of rotatable bonds is 3. The van der Waals surface area contributed by atoms with Gasteiger partial charge in [-0.15, -0.1) is 0 Å². The van der Waals surface area contributed by atoms with Crippen LogP contribution in [0.2, 0.25) is 5.02 Å². The van der Waals surface area contributed by atoms with Gasteiger partial charge in [0.05, 0.1) is 0 Å². The van der Waals surface area contributed by atoms with Gasteiger partial charge in [-0.05, 0) is 44.1 Å². The van der Waals surface area contributed by atoms with Crippen molar-refractivity contribution in [2.45, 2.75) is 25.4 Å². The van der Waals surface area contributed by atoms with Crippen molar-refractivity contribution in [1.29, 1.82) is 0 Å². The highest BCUT2D eigenvalue weighted by Gasteiger charge is 2.17. The van der Waals surface area contributed by atoms with E-state index in [0.29, 0.717) is 6.04 Å². The summed E-state index contributed by atoms with van der Waals surface area (Å²) in [6.07, 6.45) is 2.59. The van der Waals surface area contributed by atoms with Crippen LogP contribution in [-0.4, -0.2) is 31.1 Å². The van der Waals surface area contributed by atoms with Crippen LogP contribution in [0, 0.1) is 0 Å². The van der Waals surface area contributed by atoms with Gasteiger partial charge in [-0.3, -0.25) is 4.90 Å². The number of nitrogens with one attached hydrogen (secondary N) is 1. The van der Waals surface area contributed by atoms with E-state index in [1.165, 1.54) is 24.9 Å². The van der Waals surface area contributed by atoms with Gasteiger partial charge in [0.15, 0.2) is 0 Å². The molecule has 1 atom stereocenters. The predicted molar refractivity (Wildman–Crippen MR) is 68.8 cm³/mol. The molecule has 1 heterocycles. The smallest absolute Gasteiger partial charge is 0.0406 e. The molecule has 16 heavy (non-hydrogen) atoms. The van der Waals surface area contributed by atoms with E-state index >= 15 is 0 Å². The molecule has 0 radical (unpaired) electrons. The molecule has 0 unspecified atom stereocenters. The number of likely N-dealkylation sites (tertiary alicyclic amines) is 1. The Kier molecular flexibility index (Phi) is 4.22. The van der Waals surface area contributed by atoms with E-state index in [0.717, 1.165) is 18.1 Å². The molecule has 0 aromatic heterocycles. The Morgan fingerprint density at radius 3 is 2.81 bits per heavy atom. The maximum atomic E-state index is 5.88. The standard InChI is InChI=1S/C13H19ClN2/c1-15-13-3-2-8-16(10-13)9-11-4-6-12(14)7-5-11/h4-7,13,15H,2-3,8-10H2,1H3/t13-/m0/s1. The van der Waals surface area contributed by atoms with Gasteiger partial charge >= 0.3 is 0 Å². The summed E-state index contributed by atoms with van der Waals surface area (Å²) in [4.78, 5) is 2.51. The normalized spacial score (nSPS) is 22.2. The Morgan fingerprint density at radius 1 is 1.38 bits per heavy atom. The van der Waals surface area contributed by atoms with Gasteiger partial charge in [0, 0.05) is 24.2 Å². The van der Waals surface area contributed by atoms with Crippen molar-refractivity contribution < 1.29 is 0 Å². The molecule has 3 heteroatoms. The van der Waals surface area contributed by atoms with Crippen LogP contribution >= 0.6 is 11.6 Å². The monoisotopic (exact) mass is 238 g/mol. The summed E-state index contributed by atoms with van der Waals surface area (Å²) >= 11 is 5.88. The average molecular weight is 239 g/mol. The first-order valence-corrected chi connectivity index (χ1v) is 6.30. The van der Waals surface area contributed by atoms with Gasteiger partial charge in [0.25, 0.3) is 0 Å². The fourth-order valence-corrected chi connectivity index (χ4v) is 2.41. The summed E-state index contributed by atoms with van der Waals surface area (Å²) in [5, 5.41) is 4.18. The maximum absolute atomic E-state index is 5.88. The second-order valence-electron chi connectivity index (χ2n) is 4.49. The van der Waals surface area contributed by atoms with Gasteiger partial charge in [0.1, 0.15) is 0 Å². The summed E-state index contributed by atoms with van der Waals surface area (Å²) in [6.45, 7) is 3.40. The Hall–Kier alpha value is -0.570. The number of halogens is 1. The minimum Gasteiger partial charge on any atom is -0.316 e. The maximum Gasteiger partial charge on any atom is 0.0406 e. The quantitative estimate of drug-likeness (QED) is 0.871.